The van der Waals surface area contributed by atoms with E-state index in [2.05, 4.69) is 20.0 Å². The summed E-state index contributed by atoms with van der Waals surface area (Å²) in [5.41, 5.74) is 1.89. The predicted octanol–water partition coefficient (Wildman–Crippen LogP) is 2.51. The van der Waals surface area contributed by atoms with E-state index in [4.69, 9.17) is 4.98 Å². The van der Waals surface area contributed by atoms with Crippen LogP contribution in [0.1, 0.15) is 24.5 Å². The zero-order chi connectivity index (χ0) is 15.8. The molecule has 23 heavy (non-hydrogen) atoms. The van der Waals surface area contributed by atoms with E-state index >= 15 is 0 Å². The fourth-order valence-electron chi connectivity index (χ4n) is 3.35. The maximum atomic E-state index is 4.79. The monoisotopic (exact) mass is 308 g/mol. The van der Waals surface area contributed by atoms with Gasteiger partial charge in [-0.2, -0.15) is 5.10 Å². The number of rotatable bonds is 3. The molecule has 0 amide bonds. The Labute approximate surface area is 135 Å². The molecule has 6 nitrogen and oxygen atoms in total. The van der Waals surface area contributed by atoms with Crippen molar-refractivity contribution in [3.63, 3.8) is 0 Å². The van der Waals surface area contributed by atoms with Crippen LogP contribution in [0, 0.1) is 13.8 Å². The Kier molecular flexibility index (Phi) is 3.44. The summed E-state index contributed by atoms with van der Waals surface area (Å²) in [5.74, 6) is 2.76. The van der Waals surface area contributed by atoms with Crippen LogP contribution in [0.3, 0.4) is 0 Å². The number of nitrogens with zero attached hydrogens (tertiary/aromatic N) is 6. The Bertz CT molecular complexity index is 840. The minimum atomic E-state index is 0.394. The standard InChI is InChI=1S/C17H20N6/c1-12-19-13(2)23(21-12)11-14-6-5-9-22(14)17-10-18-15-7-3-4-8-16(15)20-17/h3-4,7-8,10,14H,5-6,9,11H2,1-2H3/t14-/m1/s1. The topological polar surface area (TPSA) is 59.7 Å². The van der Waals surface area contributed by atoms with Crippen molar-refractivity contribution < 1.29 is 0 Å². The predicted molar refractivity (Wildman–Crippen MR) is 89.4 cm³/mol. The number of aryl methyl sites for hydroxylation is 2. The van der Waals surface area contributed by atoms with E-state index in [1.54, 1.807) is 0 Å². The molecule has 0 unspecified atom stereocenters. The molecule has 3 aromatic rings. The molecule has 0 radical (unpaired) electrons. The van der Waals surface area contributed by atoms with Gasteiger partial charge in [0.2, 0.25) is 0 Å². The number of para-hydroxylation sites is 2. The number of benzene rings is 1. The molecular formula is C17H20N6. The molecule has 3 heterocycles. The Morgan fingerprint density at radius 2 is 1.96 bits per heavy atom. The molecule has 1 aliphatic heterocycles. The fraction of sp³-hybridized carbons (Fsp3) is 0.412. The molecule has 4 rings (SSSR count). The highest BCUT2D eigenvalue weighted by Crippen LogP contribution is 2.26. The molecule has 1 fully saturated rings. The number of anilines is 1. The first kappa shape index (κ1) is 14.1. The van der Waals surface area contributed by atoms with Crippen molar-refractivity contribution in [3.8, 4) is 0 Å². The van der Waals surface area contributed by atoms with E-state index in [1.807, 2.05) is 49.0 Å². The van der Waals surface area contributed by atoms with Crippen LogP contribution in [0.5, 0.6) is 0 Å². The van der Waals surface area contributed by atoms with Crippen molar-refractivity contribution in [2.45, 2.75) is 39.3 Å². The third-order valence-electron chi connectivity index (χ3n) is 4.45. The number of aromatic nitrogens is 5. The average molecular weight is 308 g/mol. The lowest BCUT2D eigenvalue weighted by Crippen LogP contribution is -2.34. The lowest BCUT2D eigenvalue weighted by molar-refractivity contribution is 0.495. The molecule has 1 aliphatic rings. The summed E-state index contributed by atoms with van der Waals surface area (Å²) >= 11 is 0. The third kappa shape index (κ3) is 2.65. The first-order valence-corrected chi connectivity index (χ1v) is 8.07. The van der Waals surface area contributed by atoms with Crippen LogP contribution < -0.4 is 4.90 Å². The Hall–Kier alpha value is -2.50. The minimum Gasteiger partial charge on any atom is -0.350 e. The van der Waals surface area contributed by atoms with Gasteiger partial charge in [0.1, 0.15) is 17.5 Å². The van der Waals surface area contributed by atoms with E-state index in [9.17, 15) is 0 Å². The first-order chi connectivity index (χ1) is 11.2. The molecule has 1 atom stereocenters. The van der Waals surface area contributed by atoms with Crippen molar-refractivity contribution in [1.82, 2.24) is 24.7 Å². The van der Waals surface area contributed by atoms with Gasteiger partial charge >= 0.3 is 0 Å². The summed E-state index contributed by atoms with van der Waals surface area (Å²) in [5, 5.41) is 4.49. The summed E-state index contributed by atoms with van der Waals surface area (Å²) in [6.07, 6.45) is 4.21. The van der Waals surface area contributed by atoms with E-state index in [1.165, 1.54) is 6.42 Å². The second-order valence-corrected chi connectivity index (χ2v) is 6.09. The summed E-state index contributed by atoms with van der Waals surface area (Å²) in [6.45, 7) is 5.81. The zero-order valence-electron chi connectivity index (χ0n) is 13.5. The van der Waals surface area contributed by atoms with Crippen LogP contribution in [-0.4, -0.2) is 37.3 Å². The van der Waals surface area contributed by atoms with Gasteiger partial charge in [-0.3, -0.25) is 4.98 Å². The van der Waals surface area contributed by atoms with E-state index in [0.29, 0.717) is 6.04 Å². The highest BCUT2D eigenvalue weighted by atomic mass is 15.4. The van der Waals surface area contributed by atoms with Crippen molar-refractivity contribution in [1.29, 1.82) is 0 Å². The zero-order valence-corrected chi connectivity index (χ0v) is 13.5. The lowest BCUT2D eigenvalue weighted by Gasteiger charge is -2.25. The Morgan fingerprint density at radius 3 is 2.74 bits per heavy atom. The van der Waals surface area contributed by atoms with Gasteiger partial charge in [-0.1, -0.05) is 12.1 Å². The van der Waals surface area contributed by atoms with Crippen molar-refractivity contribution in [2.24, 2.45) is 0 Å². The SMILES string of the molecule is Cc1nc(C)n(C[C@H]2CCCN2c2cnc3ccccc3n2)n1. The molecule has 1 aromatic carbocycles. The fourth-order valence-corrected chi connectivity index (χ4v) is 3.35. The molecule has 0 bridgehead atoms. The number of hydrogen-bond donors (Lipinski definition) is 0. The Balaban J connectivity index is 1.62. The lowest BCUT2D eigenvalue weighted by atomic mass is 10.2. The smallest absolute Gasteiger partial charge is 0.148 e. The van der Waals surface area contributed by atoms with Crippen molar-refractivity contribution >= 4 is 16.9 Å². The van der Waals surface area contributed by atoms with Crippen LogP contribution in [0.25, 0.3) is 11.0 Å². The summed E-state index contributed by atoms with van der Waals surface area (Å²) in [6, 6.07) is 8.40. The normalized spacial score (nSPS) is 18.0. The van der Waals surface area contributed by atoms with Gasteiger partial charge < -0.3 is 4.90 Å². The highest BCUT2D eigenvalue weighted by Gasteiger charge is 2.27. The van der Waals surface area contributed by atoms with E-state index < -0.39 is 0 Å². The molecule has 6 heteroatoms. The van der Waals surface area contributed by atoms with Gasteiger partial charge in [0.15, 0.2) is 0 Å². The summed E-state index contributed by atoms with van der Waals surface area (Å²) in [4.78, 5) is 16.1. The molecule has 0 aliphatic carbocycles. The van der Waals surface area contributed by atoms with Gasteiger partial charge in [-0.15, -0.1) is 0 Å². The summed E-state index contributed by atoms with van der Waals surface area (Å²) in [7, 11) is 0. The van der Waals surface area contributed by atoms with Gasteiger partial charge in [-0.05, 0) is 38.8 Å². The van der Waals surface area contributed by atoms with E-state index in [0.717, 1.165) is 48.0 Å². The number of hydrogen-bond acceptors (Lipinski definition) is 5. The van der Waals surface area contributed by atoms with E-state index in [-0.39, 0.29) is 0 Å². The van der Waals surface area contributed by atoms with Gasteiger partial charge in [0.25, 0.3) is 0 Å². The maximum absolute atomic E-state index is 4.79. The van der Waals surface area contributed by atoms with Crippen molar-refractivity contribution in [3.05, 3.63) is 42.1 Å². The largest absolute Gasteiger partial charge is 0.350 e. The molecule has 0 saturated carbocycles. The molecule has 1 saturated heterocycles. The number of fused-ring (bicyclic) bond motifs is 1. The van der Waals surface area contributed by atoms with Gasteiger partial charge in [0.05, 0.1) is 29.8 Å². The maximum Gasteiger partial charge on any atom is 0.148 e. The Morgan fingerprint density at radius 1 is 1.13 bits per heavy atom. The average Bonchev–Trinajstić information content (AvgIpc) is 3.14. The highest BCUT2D eigenvalue weighted by molar-refractivity contribution is 5.75. The van der Waals surface area contributed by atoms with Crippen LogP contribution in [0.4, 0.5) is 5.82 Å². The molecular weight excluding hydrogens is 288 g/mol. The second-order valence-electron chi connectivity index (χ2n) is 6.09. The second kappa shape index (κ2) is 5.61. The van der Waals surface area contributed by atoms with Crippen LogP contribution in [-0.2, 0) is 6.54 Å². The first-order valence-electron chi connectivity index (χ1n) is 8.07. The minimum absolute atomic E-state index is 0.394. The summed E-state index contributed by atoms with van der Waals surface area (Å²) < 4.78 is 2.01. The van der Waals surface area contributed by atoms with Gasteiger partial charge in [-0.25, -0.2) is 14.6 Å². The molecule has 0 N–H and O–H groups in total. The third-order valence-corrected chi connectivity index (χ3v) is 4.45. The van der Waals surface area contributed by atoms with Gasteiger partial charge in [0, 0.05) is 6.54 Å². The molecule has 0 spiro atoms. The van der Waals surface area contributed by atoms with Crippen LogP contribution >= 0.6 is 0 Å². The molecule has 2 aromatic heterocycles. The molecule has 118 valence electrons. The quantitative estimate of drug-likeness (QED) is 0.744. The van der Waals surface area contributed by atoms with Crippen molar-refractivity contribution in [2.75, 3.05) is 11.4 Å². The van der Waals surface area contributed by atoms with Crippen LogP contribution in [0.2, 0.25) is 0 Å². The van der Waals surface area contributed by atoms with Crippen LogP contribution in [0.15, 0.2) is 30.5 Å².